The van der Waals surface area contributed by atoms with E-state index in [-0.39, 0.29) is 5.75 Å². The van der Waals surface area contributed by atoms with Crippen LogP contribution in [0.5, 0.6) is 0 Å². The Hall–Kier alpha value is -1.95. The molecule has 1 aromatic heterocycles. The Morgan fingerprint density at radius 1 is 1.10 bits per heavy atom. The Morgan fingerprint density at radius 3 is 2.30 bits per heavy atom. The number of sulfonamides is 1. The Morgan fingerprint density at radius 2 is 1.75 bits per heavy atom. The van der Waals surface area contributed by atoms with Crippen molar-refractivity contribution in [1.82, 2.24) is 0 Å². The van der Waals surface area contributed by atoms with Crippen molar-refractivity contribution in [2.45, 2.75) is 20.4 Å². The molecule has 1 aromatic carbocycles. The summed E-state index contributed by atoms with van der Waals surface area (Å²) >= 11 is 0. The zero-order chi connectivity index (χ0) is 14.6. The molecular formula is C14H18N2O3S. The van der Waals surface area contributed by atoms with Crippen molar-refractivity contribution in [2.24, 2.45) is 0 Å². The van der Waals surface area contributed by atoms with Crippen LogP contribution in [-0.4, -0.2) is 14.2 Å². The maximum atomic E-state index is 11.4. The van der Waals surface area contributed by atoms with Crippen molar-refractivity contribution in [3.63, 3.8) is 0 Å². The smallest absolute Gasteiger partial charge is 0.232 e. The lowest BCUT2D eigenvalue weighted by Crippen LogP contribution is -2.14. The first kappa shape index (κ1) is 14.5. The van der Waals surface area contributed by atoms with E-state index >= 15 is 0 Å². The number of nitrogens with one attached hydrogen (secondary N) is 2. The maximum Gasteiger partial charge on any atom is 0.232 e. The van der Waals surface area contributed by atoms with Crippen molar-refractivity contribution in [3.8, 4) is 0 Å². The summed E-state index contributed by atoms with van der Waals surface area (Å²) in [6, 6.07) is 9.02. The highest BCUT2D eigenvalue weighted by molar-refractivity contribution is 7.92. The number of aryl methyl sites for hydroxylation is 1. The van der Waals surface area contributed by atoms with Crippen molar-refractivity contribution >= 4 is 21.4 Å². The molecule has 2 rings (SSSR count). The minimum absolute atomic E-state index is 0.0603. The first-order valence-corrected chi connectivity index (χ1v) is 8.03. The van der Waals surface area contributed by atoms with Gasteiger partial charge in [-0.15, -0.1) is 0 Å². The van der Waals surface area contributed by atoms with Crippen LogP contribution in [0.15, 0.2) is 41.0 Å². The first-order chi connectivity index (χ1) is 9.50. The van der Waals surface area contributed by atoms with E-state index in [1.165, 1.54) is 0 Å². The van der Waals surface area contributed by atoms with E-state index in [2.05, 4.69) is 10.0 Å². The van der Waals surface area contributed by atoms with E-state index in [1.807, 2.05) is 25.1 Å². The van der Waals surface area contributed by atoms with Gasteiger partial charge in [-0.2, -0.15) is 0 Å². The summed E-state index contributed by atoms with van der Waals surface area (Å²) in [4.78, 5) is 0. The molecule has 0 aliphatic rings. The topological polar surface area (TPSA) is 71.3 Å². The maximum absolute atomic E-state index is 11.4. The lowest BCUT2D eigenvalue weighted by Gasteiger charge is -2.08. The minimum atomic E-state index is -3.22. The molecule has 6 heteroatoms. The van der Waals surface area contributed by atoms with Gasteiger partial charge in [0.2, 0.25) is 10.0 Å². The van der Waals surface area contributed by atoms with E-state index in [9.17, 15) is 8.42 Å². The summed E-state index contributed by atoms with van der Waals surface area (Å²) in [5, 5.41) is 3.22. The number of benzene rings is 1. The second kappa shape index (κ2) is 6.00. The molecule has 0 fully saturated rings. The second-order valence-electron chi connectivity index (χ2n) is 4.46. The van der Waals surface area contributed by atoms with Crippen molar-refractivity contribution < 1.29 is 12.8 Å². The van der Waals surface area contributed by atoms with Gasteiger partial charge in [0.05, 0.1) is 18.6 Å². The highest BCUT2D eigenvalue weighted by Crippen LogP contribution is 2.17. The summed E-state index contributed by atoms with van der Waals surface area (Å²) < 4.78 is 30.7. The van der Waals surface area contributed by atoms with Gasteiger partial charge < -0.3 is 9.73 Å². The average molecular weight is 294 g/mol. The van der Waals surface area contributed by atoms with Gasteiger partial charge in [0, 0.05) is 11.4 Å². The van der Waals surface area contributed by atoms with Crippen LogP contribution in [0.3, 0.4) is 0 Å². The fourth-order valence-electron chi connectivity index (χ4n) is 1.68. The molecule has 0 amide bonds. The number of anilines is 2. The van der Waals surface area contributed by atoms with Crippen LogP contribution in [0.1, 0.15) is 18.2 Å². The van der Waals surface area contributed by atoms with E-state index < -0.39 is 10.0 Å². The Balaban J connectivity index is 1.97. The van der Waals surface area contributed by atoms with E-state index in [0.717, 1.165) is 17.0 Å². The Labute approximate surface area is 119 Å². The highest BCUT2D eigenvalue weighted by Gasteiger charge is 2.06. The predicted molar refractivity (Wildman–Crippen MR) is 80.3 cm³/mol. The molecule has 0 aliphatic heterocycles. The fraction of sp³-hybridized carbons (Fsp3) is 0.286. The third-order valence-corrected chi connectivity index (χ3v) is 4.27. The normalized spacial score (nSPS) is 11.3. The lowest BCUT2D eigenvalue weighted by atomic mass is 10.2. The Bertz CT molecular complexity index is 660. The van der Waals surface area contributed by atoms with Crippen LogP contribution in [0, 0.1) is 6.92 Å². The molecule has 108 valence electrons. The van der Waals surface area contributed by atoms with Crippen LogP contribution in [0.4, 0.5) is 11.4 Å². The van der Waals surface area contributed by atoms with Gasteiger partial charge >= 0.3 is 0 Å². The molecule has 0 atom stereocenters. The highest BCUT2D eigenvalue weighted by atomic mass is 32.2. The van der Waals surface area contributed by atoms with Crippen molar-refractivity contribution in [3.05, 3.63) is 47.9 Å². The molecule has 0 saturated heterocycles. The standard InChI is InChI=1S/C14H18N2O3S/c1-3-20(17,18)16-13-6-4-12(5-7-13)15-10-14-11(2)8-9-19-14/h4-9,15-16H,3,10H2,1-2H3. The van der Waals surface area contributed by atoms with Crippen molar-refractivity contribution in [1.29, 1.82) is 0 Å². The van der Waals surface area contributed by atoms with Gasteiger partial charge in [0.15, 0.2) is 0 Å². The summed E-state index contributed by atoms with van der Waals surface area (Å²) in [6.07, 6.45) is 1.66. The summed E-state index contributed by atoms with van der Waals surface area (Å²) in [5.41, 5.74) is 2.57. The molecule has 0 unspecified atom stereocenters. The quantitative estimate of drug-likeness (QED) is 0.859. The van der Waals surface area contributed by atoms with Crippen LogP contribution in [0.25, 0.3) is 0 Å². The second-order valence-corrected chi connectivity index (χ2v) is 6.47. The average Bonchev–Trinajstić information content (AvgIpc) is 2.83. The molecule has 0 spiro atoms. The molecule has 1 heterocycles. The third-order valence-electron chi connectivity index (χ3n) is 2.96. The SMILES string of the molecule is CCS(=O)(=O)Nc1ccc(NCc2occc2C)cc1. The molecule has 2 aromatic rings. The van der Waals surface area contributed by atoms with Gasteiger partial charge in [-0.25, -0.2) is 8.42 Å². The van der Waals surface area contributed by atoms with Crippen LogP contribution in [0.2, 0.25) is 0 Å². The van der Waals surface area contributed by atoms with Crippen LogP contribution >= 0.6 is 0 Å². The molecule has 2 N–H and O–H groups in total. The predicted octanol–water partition coefficient (Wildman–Crippen LogP) is 2.96. The summed E-state index contributed by atoms with van der Waals surface area (Å²) in [7, 11) is -3.22. The lowest BCUT2D eigenvalue weighted by molar-refractivity contribution is 0.515. The molecule has 0 aliphatic carbocycles. The van der Waals surface area contributed by atoms with Crippen LogP contribution in [-0.2, 0) is 16.6 Å². The van der Waals surface area contributed by atoms with E-state index in [1.54, 1.807) is 25.3 Å². The van der Waals surface area contributed by atoms with Gasteiger partial charge in [-0.3, -0.25) is 4.72 Å². The van der Waals surface area contributed by atoms with Gasteiger partial charge in [-0.05, 0) is 49.7 Å². The number of furan rings is 1. The molecule has 5 nitrogen and oxygen atoms in total. The summed E-state index contributed by atoms with van der Waals surface area (Å²) in [5.74, 6) is 0.950. The molecule has 0 radical (unpaired) electrons. The van der Waals surface area contributed by atoms with E-state index in [4.69, 9.17) is 4.42 Å². The van der Waals surface area contributed by atoms with Gasteiger partial charge in [0.1, 0.15) is 5.76 Å². The number of rotatable bonds is 6. The summed E-state index contributed by atoms with van der Waals surface area (Å²) in [6.45, 7) is 4.19. The zero-order valence-corrected chi connectivity index (χ0v) is 12.3. The molecule has 20 heavy (non-hydrogen) atoms. The van der Waals surface area contributed by atoms with Gasteiger partial charge in [-0.1, -0.05) is 0 Å². The zero-order valence-electron chi connectivity index (χ0n) is 11.5. The number of hydrogen-bond donors (Lipinski definition) is 2. The number of hydrogen-bond acceptors (Lipinski definition) is 4. The third kappa shape index (κ3) is 3.77. The minimum Gasteiger partial charge on any atom is -0.467 e. The first-order valence-electron chi connectivity index (χ1n) is 6.37. The monoisotopic (exact) mass is 294 g/mol. The molecular weight excluding hydrogens is 276 g/mol. The fourth-order valence-corrected chi connectivity index (χ4v) is 2.31. The largest absolute Gasteiger partial charge is 0.467 e. The van der Waals surface area contributed by atoms with E-state index in [0.29, 0.717) is 12.2 Å². The Kier molecular flexibility index (Phi) is 4.34. The van der Waals surface area contributed by atoms with Crippen molar-refractivity contribution in [2.75, 3.05) is 15.8 Å². The van der Waals surface area contributed by atoms with Crippen LogP contribution < -0.4 is 10.0 Å². The molecule has 0 bridgehead atoms. The molecule has 0 saturated carbocycles. The van der Waals surface area contributed by atoms with Gasteiger partial charge in [0.25, 0.3) is 0 Å².